The van der Waals surface area contributed by atoms with Crippen LogP contribution in [0.3, 0.4) is 0 Å². The van der Waals surface area contributed by atoms with Gasteiger partial charge in [-0.25, -0.2) is 0 Å². The van der Waals surface area contributed by atoms with Crippen LogP contribution in [0.4, 0.5) is 0 Å². The van der Waals surface area contributed by atoms with Crippen molar-refractivity contribution in [1.82, 2.24) is 19.7 Å². The number of nitrogens with zero attached hydrogens (tertiary/aromatic N) is 4. The van der Waals surface area contributed by atoms with Gasteiger partial charge in [0.05, 0.1) is 11.4 Å². The second-order valence-electron chi connectivity index (χ2n) is 6.66. The van der Waals surface area contributed by atoms with E-state index < -0.39 is 0 Å². The number of fused-ring (bicyclic) bond motifs is 1. The molecular formula is C19H19BrN4OS. The molecule has 1 saturated carbocycles. The van der Waals surface area contributed by atoms with Gasteiger partial charge in [0.1, 0.15) is 0 Å². The van der Waals surface area contributed by atoms with Gasteiger partial charge in [0, 0.05) is 19.5 Å². The summed E-state index contributed by atoms with van der Waals surface area (Å²) in [7, 11) is 3.52. The third kappa shape index (κ3) is 3.25. The molecule has 0 saturated heterocycles. The van der Waals surface area contributed by atoms with E-state index in [2.05, 4.69) is 62.5 Å². The molecule has 2 aromatic carbocycles. The highest BCUT2D eigenvalue weighted by molar-refractivity contribution is 9.10. The molecule has 0 unspecified atom stereocenters. The Morgan fingerprint density at radius 2 is 1.92 bits per heavy atom. The van der Waals surface area contributed by atoms with Gasteiger partial charge in [0.15, 0.2) is 5.16 Å². The van der Waals surface area contributed by atoms with Gasteiger partial charge in [0.2, 0.25) is 10.6 Å². The number of carbonyl (C=O) groups excluding carboxylic acids is 1. The summed E-state index contributed by atoms with van der Waals surface area (Å²) in [6.07, 6.45) is 2.54. The minimum atomic E-state index is 0.0506. The predicted octanol–water partition coefficient (Wildman–Crippen LogP) is 4.24. The fourth-order valence-corrected chi connectivity index (χ4v) is 4.53. The molecule has 4 rings (SSSR count). The van der Waals surface area contributed by atoms with Crippen LogP contribution in [0.5, 0.6) is 0 Å². The molecule has 0 N–H and O–H groups in total. The number of aromatic nitrogens is 3. The highest BCUT2D eigenvalue weighted by Gasteiger charge is 2.26. The zero-order valence-electron chi connectivity index (χ0n) is 14.6. The molecule has 1 heterocycles. The fourth-order valence-electron chi connectivity index (χ4n) is 3.06. The summed E-state index contributed by atoms with van der Waals surface area (Å²) in [6, 6.07) is 12.8. The van der Waals surface area contributed by atoms with Crippen molar-refractivity contribution in [2.75, 3.05) is 19.8 Å². The zero-order chi connectivity index (χ0) is 18.3. The third-order valence-electron chi connectivity index (χ3n) is 4.61. The summed E-state index contributed by atoms with van der Waals surface area (Å²) in [4.78, 5) is 13.5. The molecule has 1 amide bonds. The van der Waals surface area contributed by atoms with Gasteiger partial charge in [-0.1, -0.05) is 42.1 Å². The van der Waals surface area contributed by atoms with Gasteiger partial charge in [-0.2, -0.15) is 0 Å². The molecule has 0 radical (unpaired) electrons. The van der Waals surface area contributed by atoms with Crippen molar-refractivity contribution >= 4 is 44.4 Å². The number of carbonyl (C=O) groups is 1. The summed E-state index contributed by atoms with van der Waals surface area (Å²) >= 11 is 4.91. The van der Waals surface area contributed by atoms with Crippen LogP contribution >= 0.6 is 27.7 Å². The van der Waals surface area contributed by atoms with Crippen molar-refractivity contribution in [3.05, 3.63) is 46.7 Å². The van der Waals surface area contributed by atoms with Crippen molar-refractivity contribution in [3.63, 3.8) is 0 Å². The number of hydrogen-bond donors (Lipinski definition) is 0. The lowest BCUT2D eigenvalue weighted by Crippen LogP contribution is -2.23. The Hall–Kier alpha value is -1.86. The van der Waals surface area contributed by atoms with Crippen molar-refractivity contribution in [2.24, 2.45) is 0 Å². The quantitative estimate of drug-likeness (QED) is 0.567. The van der Waals surface area contributed by atoms with E-state index in [4.69, 9.17) is 0 Å². The SMILES string of the molecule is CN(C)C(=O)CSc1nnc(Br)n1-c1ccc(C2CC2)c2ccccc12. The number of amides is 1. The second-order valence-corrected chi connectivity index (χ2v) is 8.31. The maximum absolute atomic E-state index is 11.9. The molecule has 134 valence electrons. The molecule has 7 heteroatoms. The van der Waals surface area contributed by atoms with Gasteiger partial charge < -0.3 is 4.90 Å². The van der Waals surface area contributed by atoms with Crippen molar-refractivity contribution in [1.29, 1.82) is 0 Å². The number of thioether (sulfide) groups is 1. The van der Waals surface area contributed by atoms with Crippen molar-refractivity contribution < 1.29 is 4.79 Å². The molecule has 0 spiro atoms. The van der Waals surface area contributed by atoms with Crippen LogP contribution in [0.1, 0.15) is 24.3 Å². The fraction of sp³-hybridized carbons (Fsp3) is 0.316. The van der Waals surface area contributed by atoms with E-state index in [1.54, 1.807) is 19.0 Å². The Kier molecular flexibility index (Phi) is 4.75. The first-order chi connectivity index (χ1) is 12.6. The van der Waals surface area contributed by atoms with Crippen LogP contribution in [0, 0.1) is 0 Å². The molecule has 0 bridgehead atoms. The standard InChI is InChI=1S/C19H19BrN4OS/c1-23(2)17(25)11-26-19-22-21-18(20)24(19)16-10-9-13(12-7-8-12)14-5-3-4-6-15(14)16/h3-6,9-10,12H,7-8,11H2,1-2H3. The molecule has 5 nitrogen and oxygen atoms in total. The smallest absolute Gasteiger partial charge is 0.232 e. The Labute approximate surface area is 164 Å². The summed E-state index contributed by atoms with van der Waals surface area (Å²) in [5, 5.41) is 11.6. The van der Waals surface area contributed by atoms with Gasteiger partial charge in [-0.15, -0.1) is 10.2 Å². The van der Waals surface area contributed by atoms with E-state index in [0.717, 1.165) is 5.69 Å². The molecule has 1 aliphatic carbocycles. The van der Waals surface area contributed by atoms with Crippen LogP contribution in [0.2, 0.25) is 0 Å². The zero-order valence-corrected chi connectivity index (χ0v) is 17.0. The third-order valence-corrected chi connectivity index (χ3v) is 6.04. The van der Waals surface area contributed by atoms with E-state index in [-0.39, 0.29) is 5.91 Å². The molecule has 0 aliphatic heterocycles. The van der Waals surface area contributed by atoms with Crippen molar-refractivity contribution in [2.45, 2.75) is 23.9 Å². The largest absolute Gasteiger partial charge is 0.348 e. The Bertz CT molecular complexity index is 981. The first-order valence-electron chi connectivity index (χ1n) is 8.52. The molecule has 1 fully saturated rings. The Morgan fingerprint density at radius 1 is 1.19 bits per heavy atom. The highest BCUT2D eigenvalue weighted by Crippen LogP contribution is 2.44. The first-order valence-corrected chi connectivity index (χ1v) is 10.3. The lowest BCUT2D eigenvalue weighted by atomic mass is 9.99. The predicted molar refractivity (Wildman–Crippen MR) is 108 cm³/mol. The van der Waals surface area contributed by atoms with Gasteiger partial charge in [0.25, 0.3) is 0 Å². The summed E-state index contributed by atoms with van der Waals surface area (Å²) in [5.41, 5.74) is 2.45. The number of benzene rings is 2. The monoisotopic (exact) mass is 430 g/mol. The van der Waals surface area contributed by atoms with Crippen LogP contribution in [-0.2, 0) is 4.79 Å². The van der Waals surface area contributed by atoms with E-state index >= 15 is 0 Å². The van der Waals surface area contributed by atoms with Crippen LogP contribution < -0.4 is 0 Å². The molecule has 26 heavy (non-hydrogen) atoms. The number of halogens is 1. The first kappa shape index (κ1) is 17.5. The number of rotatable bonds is 5. The lowest BCUT2D eigenvalue weighted by molar-refractivity contribution is -0.125. The molecular weight excluding hydrogens is 412 g/mol. The van der Waals surface area contributed by atoms with Crippen molar-refractivity contribution in [3.8, 4) is 5.69 Å². The normalized spacial score (nSPS) is 14.0. The summed E-state index contributed by atoms with van der Waals surface area (Å²) < 4.78 is 2.62. The molecule has 0 atom stereocenters. The second kappa shape index (κ2) is 7.04. The van der Waals surface area contributed by atoms with E-state index in [9.17, 15) is 4.79 Å². The maximum atomic E-state index is 11.9. The topological polar surface area (TPSA) is 51.0 Å². The average Bonchev–Trinajstić information content (AvgIpc) is 3.42. The Morgan fingerprint density at radius 3 is 2.62 bits per heavy atom. The molecule has 3 aromatic rings. The minimum Gasteiger partial charge on any atom is -0.348 e. The minimum absolute atomic E-state index is 0.0506. The molecule has 1 aliphatic rings. The average molecular weight is 431 g/mol. The van der Waals surface area contributed by atoms with E-state index in [1.807, 2.05) is 4.57 Å². The molecule has 1 aromatic heterocycles. The van der Waals surface area contributed by atoms with Gasteiger partial charge in [-0.05, 0) is 51.7 Å². The van der Waals surface area contributed by atoms with Crippen LogP contribution in [0.15, 0.2) is 46.3 Å². The summed E-state index contributed by atoms with van der Waals surface area (Å²) in [6.45, 7) is 0. The van der Waals surface area contributed by atoms with Gasteiger partial charge in [-0.3, -0.25) is 9.36 Å². The Balaban J connectivity index is 1.78. The van der Waals surface area contributed by atoms with E-state index in [0.29, 0.717) is 21.6 Å². The van der Waals surface area contributed by atoms with Crippen LogP contribution in [0.25, 0.3) is 16.5 Å². The lowest BCUT2D eigenvalue weighted by Gasteiger charge is -2.14. The highest BCUT2D eigenvalue weighted by atomic mass is 79.9. The van der Waals surface area contributed by atoms with E-state index in [1.165, 1.54) is 40.9 Å². The van der Waals surface area contributed by atoms with Gasteiger partial charge >= 0.3 is 0 Å². The van der Waals surface area contributed by atoms with Crippen LogP contribution in [-0.4, -0.2) is 45.4 Å². The maximum Gasteiger partial charge on any atom is 0.232 e. The number of hydrogen-bond acceptors (Lipinski definition) is 4. The summed E-state index contributed by atoms with van der Waals surface area (Å²) in [5.74, 6) is 1.07.